The number of nitrogens with zero attached hydrogens (tertiary/aromatic N) is 1. The van der Waals surface area contributed by atoms with Crippen molar-refractivity contribution >= 4 is 35.1 Å². The Labute approximate surface area is 172 Å². The molecule has 1 aliphatic rings. The first-order chi connectivity index (χ1) is 14.1. The Kier molecular flexibility index (Phi) is 5.75. The van der Waals surface area contributed by atoms with Crippen LogP contribution in [0.2, 0.25) is 0 Å². The average molecular weight is 414 g/mol. The number of nitrogens with one attached hydrogen (secondary N) is 3. The minimum atomic E-state index is -1.35. The first-order valence-corrected chi connectivity index (χ1v) is 9.29. The van der Waals surface area contributed by atoms with Gasteiger partial charge in [0.1, 0.15) is 11.9 Å². The van der Waals surface area contributed by atoms with Gasteiger partial charge in [-0.25, -0.2) is 4.39 Å². The standard InChI is InChI=1S/C21H23FN4O4/c1-10-16(8-14-13-7-12(22)5-6-15(13)25-19(14)28)24-11(2)18(10)20(29)23-9-17(27)21(30)26(3)4/h5-8,17,24,27H,9H2,1-4H3,(H,23,29)(H,25,28)/t17-/m1/s1. The van der Waals surface area contributed by atoms with E-state index in [1.807, 2.05) is 0 Å². The molecule has 0 bridgehead atoms. The third kappa shape index (κ3) is 3.97. The van der Waals surface area contributed by atoms with Crippen LogP contribution in [0, 0.1) is 19.7 Å². The molecule has 0 saturated heterocycles. The summed E-state index contributed by atoms with van der Waals surface area (Å²) in [6, 6.07) is 4.04. The van der Waals surface area contributed by atoms with E-state index >= 15 is 0 Å². The van der Waals surface area contributed by atoms with Gasteiger partial charge in [0, 0.05) is 36.7 Å². The highest BCUT2D eigenvalue weighted by atomic mass is 19.1. The van der Waals surface area contributed by atoms with Crippen LogP contribution in [-0.2, 0) is 9.59 Å². The second kappa shape index (κ2) is 8.11. The van der Waals surface area contributed by atoms with Gasteiger partial charge in [0.05, 0.1) is 17.7 Å². The number of aryl methyl sites for hydroxylation is 1. The smallest absolute Gasteiger partial charge is 0.256 e. The molecule has 30 heavy (non-hydrogen) atoms. The Hall–Kier alpha value is -3.46. The number of likely N-dealkylation sites (N-methyl/N-ethyl adjacent to an activating group) is 1. The lowest BCUT2D eigenvalue weighted by atomic mass is 10.0. The van der Waals surface area contributed by atoms with Crippen molar-refractivity contribution in [3.05, 3.63) is 52.1 Å². The molecular weight excluding hydrogens is 391 g/mol. The van der Waals surface area contributed by atoms with Crippen molar-refractivity contribution in [2.75, 3.05) is 26.0 Å². The van der Waals surface area contributed by atoms with Crippen molar-refractivity contribution in [2.45, 2.75) is 20.0 Å². The van der Waals surface area contributed by atoms with Crippen molar-refractivity contribution in [3.8, 4) is 0 Å². The molecule has 2 aromatic rings. The molecule has 3 rings (SSSR count). The fourth-order valence-electron chi connectivity index (χ4n) is 3.37. The highest BCUT2D eigenvalue weighted by molar-refractivity contribution is 6.34. The quantitative estimate of drug-likeness (QED) is 0.554. The van der Waals surface area contributed by atoms with Crippen LogP contribution in [0.3, 0.4) is 0 Å². The monoisotopic (exact) mass is 414 g/mol. The molecule has 0 fully saturated rings. The highest BCUT2D eigenvalue weighted by Gasteiger charge is 2.26. The number of aromatic nitrogens is 1. The van der Waals surface area contributed by atoms with Crippen molar-refractivity contribution in [2.24, 2.45) is 0 Å². The number of amides is 3. The van der Waals surface area contributed by atoms with Gasteiger partial charge in [-0.2, -0.15) is 0 Å². The number of aliphatic hydroxyl groups is 1. The third-order valence-corrected chi connectivity index (χ3v) is 4.94. The van der Waals surface area contributed by atoms with Crippen molar-refractivity contribution in [1.82, 2.24) is 15.2 Å². The summed E-state index contributed by atoms with van der Waals surface area (Å²) in [6.07, 6.45) is 0.225. The number of carbonyl (C=O) groups excluding carboxylic acids is 3. The second-order valence-electron chi connectivity index (χ2n) is 7.32. The minimum Gasteiger partial charge on any atom is -0.381 e. The summed E-state index contributed by atoms with van der Waals surface area (Å²) in [5, 5.41) is 15.1. The number of rotatable bonds is 5. The van der Waals surface area contributed by atoms with Crippen LogP contribution in [0.25, 0.3) is 11.6 Å². The molecule has 0 saturated carbocycles. The first kappa shape index (κ1) is 21.3. The maximum absolute atomic E-state index is 13.6. The molecule has 8 nitrogen and oxygen atoms in total. The number of hydrogen-bond donors (Lipinski definition) is 4. The van der Waals surface area contributed by atoms with E-state index in [-0.39, 0.29) is 18.0 Å². The number of carbonyl (C=O) groups is 3. The van der Waals surface area contributed by atoms with Crippen LogP contribution < -0.4 is 10.6 Å². The van der Waals surface area contributed by atoms with Gasteiger partial charge >= 0.3 is 0 Å². The van der Waals surface area contributed by atoms with Crippen LogP contribution in [-0.4, -0.2) is 59.5 Å². The number of fused-ring (bicyclic) bond motifs is 1. The van der Waals surface area contributed by atoms with Crippen molar-refractivity contribution in [3.63, 3.8) is 0 Å². The fraction of sp³-hybridized carbons (Fsp3) is 0.286. The number of aromatic amines is 1. The summed E-state index contributed by atoms with van der Waals surface area (Å²) in [5.41, 5.74) is 3.28. The molecule has 0 unspecified atom stereocenters. The van der Waals surface area contributed by atoms with Gasteiger partial charge in [-0.3, -0.25) is 14.4 Å². The highest BCUT2D eigenvalue weighted by Crippen LogP contribution is 2.34. The van der Waals surface area contributed by atoms with Gasteiger partial charge in [-0.1, -0.05) is 0 Å². The zero-order chi connectivity index (χ0) is 22.2. The Morgan fingerprint density at radius 3 is 2.67 bits per heavy atom. The lowest BCUT2D eigenvalue weighted by molar-refractivity contribution is -0.137. The van der Waals surface area contributed by atoms with E-state index < -0.39 is 23.7 Å². The normalized spacial score (nSPS) is 15.0. The fourth-order valence-corrected chi connectivity index (χ4v) is 3.37. The van der Waals surface area contributed by atoms with E-state index in [1.54, 1.807) is 19.9 Å². The maximum Gasteiger partial charge on any atom is 0.256 e. The van der Waals surface area contributed by atoms with Gasteiger partial charge in [0.15, 0.2) is 0 Å². The molecule has 1 aromatic carbocycles. The number of H-pyrrole nitrogens is 1. The number of halogens is 1. The Balaban J connectivity index is 1.86. The predicted octanol–water partition coefficient (Wildman–Crippen LogP) is 1.44. The largest absolute Gasteiger partial charge is 0.381 e. The van der Waals surface area contributed by atoms with Gasteiger partial charge < -0.3 is 25.6 Å². The molecule has 4 N–H and O–H groups in total. The van der Waals surface area contributed by atoms with E-state index in [1.165, 1.54) is 37.2 Å². The van der Waals surface area contributed by atoms with Gasteiger partial charge in [-0.05, 0) is 43.7 Å². The summed E-state index contributed by atoms with van der Waals surface area (Å²) >= 11 is 0. The second-order valence-corrected chi connectivity index (χ2v) is 7.32. The molecular formula is C21H23FN4O4. The summed E-state index contributed by atoms with van der Waals surface area (Å²) in [6.45, 7) is 3.19. The molecule has 1 aromatic heterocycles. The van der Waals surface area contributed by atoms with E-state index in [9.17, 15) is 23.9 Å². The lowest BCUT2D eigenvalue weighted by Gasteiger charge is -2.16. The molecule has 3 amide bonds. The van der Waals surface area contributed by atoms with Crippen LogP contribution in [0.5, 0.6) is 0 Å². The molecule has 1 atom stereocenters. The zero-order valence-electron chi connectivity index (χ0n) is 17.1. The number of hydrogen-bond acceptors (Lipinski definition) is 4. The van der Waals surface area contributed by atoms with E-state index in [2.05, 4.69) is 15.6 Å². The molecule has 0 radical (unpaired) electrons. The maximum atomic E-state index is 13.6. The van der Waals surface area contributed by atoms with Gasteiger partial charge in [0.25, 0.3) is 17.7 Å². The Morgan fingerprint density at radius 1 is 1.30 bits per heavy atom. The van der Waals surface area contributed by atoms with Gasteiger partial charge in [-0.15, -0.1) is 0 Å². The van der Waals surface area contributed by atoms with Crippen LogP contribution in [0.15, 0.2) is 18.2 Å². The molecule has 0 spiro atoms. The zero-order valence-corrected chi connectivity index (χ0v) is 17.1. The molecule has 9 heteroatoms. The summed E-state index contributed by atoms with van der Waals surface area (Å²) in [4.78, 5) is 41.0. The van der Waals surface area contributed by atoms with E-state index in [4.69, 9.17) is 0 Å². The van der Waals surface area contributed by atoms with Crippen LogP contribution >= 0.6 is 0 Å². The van der Waals surface area contributed by atoms with E-state index in [0.717, 1.165) is 0 Å². The topological polar surface area (TPSA) is 115 Å². The Morgan fingerprint density at radius 2 is 2.00 bits per heavy atom. The number of benzene rings is 1. The number of aliphatic hydroxyl groups excluding tert-OH is 1. The lowest BCUT2D eigenvalue weighted by Crippen LogP contribution is -2.42. The molecule has 158 valence electrons. The average Bonchev–Trinajstić information content (AvgIpc) is 3.14. The minimum absolute atomic E-state index is 0.231. The van der Waals surface area contributed by atoms with Crippen molar-refractivity contribution < 1.29 is 23.9 Å². The van der Waals surface area contributed by atoms with Crippen molar-refractivity contribution in [1.29, 1.82) is 0 Å². The summed E-state index contributed by atoms with van der Waals surface area (Å²) < 4.78 is 13.6. The Bertz CT molecular complexity index is 1070. The predicted molar refractivity (Wildman–Crippen MR) is 110 cm³/mol. The SMILES string of the molecule is Cc1[nH]c(C=C2C(=O)Nc3ccc(F)cc32)c(C)c1C(=O)NC[C@@H](O)C(=O)N(C)C. The first-order valence-electron chi connectivity index (χ1n) is 9.29. The molecule has 1 aliphatic heterocycles. The van der Waals surface area contributed by atoms with Crippen LogP contribution in [0.4, 0.5) is 10.1 Å². The van der Waals surface area contributed by atoms with Crippen LogP contribution in [0.1, 0.15) is 32.9 Å². The summed E-state index contributed by atoms with van der Waals surface area (Å²) in [7, 11) is 3.02. The summed E-state index contributed by atoms with van der Waals surface area (Å²) in [5.74, 6) is -1.79. The van der Waals surface area contributed by atoms with E-state index in [0.29, 0.717) is 33.8 Å². The number of anilines is 1. The molecule has 2 heterocycles. The van der Waals surface area contributed by atoms with Gasteiger partial charge in [0.2, 0.25) is 0 Å². The molecule has 0 aliphatic carbocycles. The third-order valence-electron chi connectivity index (χ3n) is 4.94.